The van der Waals surface area contributed by atoms with E-state index in [4.69, 9.17) is 21.8 Å². The topological polar surface area (TPSA) is 40.5 Å². The molecule has 0 spiro atoms. The Morgan fingerprint density at radius 3 is 2.55 bits per heavy atom. The summed E-state index contributed by atoms with van der Waals surface area (Å²) in [4.78, 5) is 0. The van der Waals surface area contributed by atoms with Gasteiger partial charge >= 0.3 is 0 Å². The number of aliphatic hydroxyl groups excluding tert-OH is 1. The zero-order valence-corrected chi connectivity index (χ0v) is 6.47. The first kappa shape index (κ1) is 7.95. The van der Waals surface area contributed by atoms with Crippen LogP contribution in [0.15, 0.2) is 24.8 Å². The van der Waals surface area contributed by atoms with Crippen molar-refractivity contribution in [1.82, 2.24) is 0 Å². The lowest BCUT2D eigenvalue weighted by atomic mass is 10.2. The number of rotatable bonds is 1. The highest BCUT2D eigenvalue weighted by Crippen LogP contribution is 2.25. The third kappa shape index (κ3) is 1.65. The first-order valence-corrected chi connectivity index (χ1v) is 3.36. The molecule has 3 heteroatoms. The summed E-state index contributed by atoms with van der Waals surface area (Å²) in [6.07, 6.45) is 0. The first-order valence-electron chi connectivity index (χ1n) is 2.98. The van der Waals surface area contributed by atoms with Crippen molar-refractivity contribution in [3.63, 3.8) is 0 Å². The fourth-order valence-corrected chi connectivity index (χ4v) is 0.810. The van der Waals surface area contributed by atoms with Gasteiger partial charge < -0.3 is 10.2 Å². The van der Waals surface area contributed by atoms with Crippen molar-refractivity contribution in [3.8, 4) is 5.75 Å². The summed E-state index contributed by atoms with van der Waals surface area (Å²) >= 11 is 5.52. The molecule has 0 aromatic heterocycles. The van der Waals surface area contributed by atoms with Gasteiger partial charge in [0.25, 0.3) is 0 Å². The highest BCUT2D eigenvalue weighted by Gasteiger charge is 2.00. The summed E-state index contributed by atoms with van der Waals surface area (Å²) in [5.74, 6) is -0.142. The lowest BCUT2D eigenvalue weighted by Crippen LogP contribution is -1.79. The van der Waals surface area contributed by atoms with Gasteiger partial charge in [-0.15, -0.1) is 0 Å². The third-order valence-electron chi connectivity index (χ3n) is 1.28. The SMILES string of the molecule is C=C(O)c1ccc(Cl)c(O)c1. The van der Waals surface area contributed by atoms with Crippen LogP contribution >= 0.6 is 11.6 Å². The average Bonchev–Trinajstić information content (AvgIpc) is 1.94. The van der Waals surface area contributed by atoms with Gasteiger partial charge in [0.05, 0.1) is 5.02 Å². The molecule has 1 aromatic carbocycles. The molecule has 0 aliphatic rings. The molecule has 0 saturated carbocycles. The zero-order valence-electron chi connectivity index (χ0n) is 5.71. The molecule has 0 aliphatic carbocycles. The van der Waals surface area contributed by atoms with Gasteiger partial charge in [-0.3, -0.25) is 0 Å². The van der Waals surface area contributed by atoms with Gasteiger partial charge in [0.1, 0.15) is 11.5 Å². The first-order chi connectivity index (χ1) is 5.11. The van der Waals surface area contributed by atoms with Gasteiger partial charge in [0.2, 0.25) is 0 Å². The fourth-order valence-electron chi connectivity index (χ4n) is 0.692. The van der Waals surface area contributed by atoms with E-state index >= 15 is 0 Å². The summed E-state index contributed by atoms with van der Waals surface area (Å²) in [6.45, 7) is 3.30. The van der Waals surface area contributed by atoms with Crippen molar-refractivity contribution in [3.05, 3.63) is 35.4 Å². The summed E-state index contributed by atoms with van der Waals surface area (Å²) in [5.41, 5.74) is 0.465. The van der Waals surface area contributed by atoms with Gasteiger partial charge in [-0.2, -0.15) is 0 Å². The summed E-state index contributed by atoms with van der Waals surface area (Å²) < 4.78 is 0. The quantitative estimate of drug-likeness (QED) is 0.636. The number of phenols is 1. The second kappa shape index (κ2) is 2.84. The van der Waals surface area contributed by atoms with E-state index in [9.17, 15) is 0 Å². The average molecular weight is 171 g/mol. The molecule has 0 atom stereocenters. The Hall–Kier alpha value is -1.15. The van der Waals surface area contributed by atoms with Gasteiger partial charge in [-0.05, 0) is 18.2 Å². The van der Waals surface area contributed by atoms with E-state index < -0.39 is 0 Å². The van der Waals surface area contributed by atoms with Crippen molar-refractivity contribution in [1.29, 1.82) is 0 Å². The van der Waals surface area contributed by atoms with Gasteiger partial charge in [-0.25, -0.2) is 0 Å². The van der Waals surface area contributed by atoms with Crippen LogP contribution < -0.4 is 0 Å². The molecule has 0 fully saturated rings. The predicted octanol–water partition coefficient (Wildman–Crippen LogP) is 2.57. The number of aliphatic hydroxyl groups is 1. The van der Waals surface area contributed by atoms with Crippen LogP contribution in [-0.4, -0.2) is 10.2 Å². The maximum absolute atomic E-state index is 9.06. The lowest BCUT2D eigenvalue weighted by molar-refractivity contribution is 0.473. The van der Waals surface area contributed by atoms with Crippen molar-refractivity contribution < 1.29 is 10.2 Å². The van der Waals surface area contributed by atoms with Crippen LogP contribution in [-0.2, 0) is 0 Å². The molecular weight excluding hydrogens is 164 g/mol. The Labute approximate surface area is 69.4 Å². The Kier molecular flexibility index (Phi) is 2.06. The Bertz CT molecular complexity index is 294. The summed E-state index contributed by atoms with van der Waals surface area (Å²) in [5, 5.41) is 18.2. The molecule has 2 nitrogen and oxygen atoms in total. The van der Waals surface area contributed by atoms with E-state index in [0.29, 0.717) is 5.56 Å². The number of hydrogen-bond donors (Lipinski definition) is 2. The second-order valence-electron chi connectivity index (χ2n) is 2.11. The minimum absolute atomic E-state index is 0.0561. The largest absolute Gasteiger partial charge is 0.508 e. The minimum atomic E-state index is -0.0861. The molecule has 0 aliphatic heterocycles. The van der Waals surface area contributed by atoms with Crippen molar-refractivity contribution in [2.45, 2.75) is 0 Å². The molecule has 0 amide bonds. The Balaban J connectivity index is 3.15. The highest BCUT2D eigenvalue weighted by atomic mass is 35.5. The van der Waals surface area contributed by atoms with E-state index in [1.165, 1.54) is 12.1 Å². The molecule has 0 saturated heterocycles. The molecular formula is C8H7ClO2. The zero-order chi connectivity index (χ0) is 8.43. The number of benzene rings is 1. The summed E-state index contributed by atoms with van der Waals surface area (Å²) in [7, 11) is 0. The minimum Gasteiger partial charge on any atom is -0.508 e. The van der Waals surface area contributed by atoms with Crippen molar-refractivity contribution >= 4 is 17.4 Å². The van der Waals surface area contributed by atoms with E-state index in [1.807, 2.05) is 0 Å². The number of hydrogen-bond acceptors (Lipinski definition) is 2. The van der Waals surface area contributed by atoms with Crippen molar-refractivity contribution in [2.75, 3.05) is 0 Å². The molecule has 58 valence electrons. The smallest absolute Gasteiger partial charge is 0.134 e. The van der Waals surface area contributed by atoms with Gasteiger partial charge in [0, 0.05) is 5.56 Å². The fraction of sp³-hybridized carbons (Fsp3) is 0. The molecule has 11 heavy (non-hydrogen) atoms. The molecule has 0 bridgehead atoms. The van der Waals surface area contributed by atoms with Gasteiger partial charge in [-0.1, -0.05) is 18.2 Å². The summed E-state index contributed by atoms with van der Waals surface area (Å²) in [6, 6.07) is 4.42. The van der Waals surface area contributed by atoms with Crippen LogP contribution in [0.3, 0.4) is 0 Å². The number of halogens is 1. The molecule has 0 unspecified atom stereocenters. The monoisotopic (exact) mass is 170 g/mol. The van der Waals surface area contributed by atoms with E-state index in [1.54, 1.807) is 6.07 Å². The molecule has 0 heterocycles. The van der Waals surface area contributed by atoms with Crippen LogP contribution in [0.1, 0.15) is 5.56 Å². The van der Waals surface area contributed by atoms with Gasteiger partial charge in [0.15, 0.2) is 0 Å². The van der Waals surface area contributed by atoms with E-state index in [-0.39, 0.29) is 16.5 Å². The molecule has 1 aromatic rings. The van der Waals surface area contributed by atoms with Crippen LogP contribution in [0.5, 0.6) is 5.75 Å². The number of aromatic hydroxyl groups is 1. The van der Waals surface area contributed by atoms with Crippen LogP contribution in [0.25, 0.3) is 5.76 Å². The third-order valence-corrected chi connectivity index (χ3v) is 1.60. The molecule has 0 radical (unpaired) electrons. The van der Waals surface area contributed by atoms with E-state index in [0.717, 1.165) is 0 Å². The van der Waals surface area contributed by atoms with Crippen LogP contribution in [0.4, 0.5) is 0 Å². The van der Waals surface area contributed by atoms with Crippen LogP contribution in [0, 0.1) is 0 Å². The number of phenolic OH excluding ortho intramolecular Hbond substituents is 1. The standard InChI is InChI=1S/C8H7ClO2/c1-5(10)6-2-3-7(9)8(11)4-6/h2-4,10-11H,1H2. The van der Waals surface area contributed by atoms with Crippen LogP contribution in [0.2, 0.25) is 5.02 Å². The normalized spacial score (nSPS) is 9.55. The Morgan fingerprint density at radius 1 is 1.45 bits per heavy atom. The molecule has 2 N–H and O–H groups in total. The predicted molar refractivity (Wildman–Crippen MR) is 44.8 cm³/mol. The van der Waals surface area contributed by atoms with Crippen molar-refractivity contribution in [2.24, 2.45) is 0 Å². The van der Waals surface area contributed by atoms with E-state index in [2.05, 4.69) is 6.58 Å². The second-order valence-corrected chi connectivity index (χ2v) is 2.52. The highest BCUT2D eigenvalue weighted by molar-refractivity contribution is 6.32. The maximum Gasteiger partial charge on any atom is 0.134 e. The lowest BCUT2D eigenvalue weighted by Gasteiger charge is -1.99. The Morgan fingerprint density at radius 2 is 2.09 bits per heavy atom. The maximum atomic E-state index is 9.06. The molecule has 1 rings (SSSR count).